The van der Waals surface area contributed by atoms with Gasteiger partial charge in [0.25, 0.3) is 0 Å². The first-order valence-corrected chi connectivity index (χ1v) is 10.2. The minimum Gasteiger partial charge on any atom is -0.345 e. The summed E-state index contributed by atoms with van der Waals surface area (Å²) < 4.78 is 0. The summed E-state index contributed by atoms with van der Waals surface area (Å²) >= 11 is 3.25. The van der Waals surface area contributed by atoms with Gasteiger partial charge in [-0.05, 0) is 43.3 Å². The average molecular weight is 390 g/mol. The van der Waals surface area contributed by atoms with Crippen LogP contribution in [-0.2, 0) is 0 Å². The standard InChI is InChI=1S/C20H15N5S2/c1-12-10-27-20(23-12)24-14-6-4-13(5-7-14)19-25-17(11-26-19)16-9-22-18-15(16)3-2-8-21-18/h2-11H,1H3,(H,21,22)(H,23,24). The number of hydrogen-bond donors (Lipinski definition) is 2. The summed E-state index contributed by atoms with van der Waals surface area (Å²) in [6.07, 6.45) is 3.76. The van der Waals surface area contributed by atoms with Crippen molar-refractivity contribution >= 4 is 44.5 Å². The first kappa shape index (κ1) is 16.2. The molecule has 1 aromatic carbocycles. The van der Waals surface area contributed by atoms with Crippen molar-refractivity contribution in [2.75, 3.05) is 5.32 Å². The van der Waals surface area contributed by atoms with E-state index < -0.39 is 0 Å². The summed E-state index contributed by atoms with van der Waals surface area (Å²) in [5.74, 6) is 0. The Hall–Kier alpha value is -3.03. The SMILES string of the molecule is Cc1csc(Nc2ccc(-c3nc(-c4c[nH]c5ncccc45)cs3)cc2)n1. The van der Waals surface area contributed by atoms with E-state index in [1.807, 2.05) is 24.6 Å². The van der Waals surface area contributed by atoms with E-state index in [0.717, 1.165) is 49.4 Å². The van der Waals surface area contributed by atoms with Gasteiger partial charge in [-0.1, -0.05) is 0 Å². The highest BCUT2D eigenvalue weighted by Crippen LogP contribution is 2.33. The number of pyridine rings is 1. The Labute approximate surface area is 163 Å². The van der Waals surface area contributed by atoms with E-state index in [1.165, 1.54) is 0 Å². The van der Waals surface area contributed by atoms with Crippen LogP contribution in [0.2, 0.25) is 0 Å². The predicted octanol–water partition coefficient (Wildman–Crippen LogP) is 5.86. The molecule has 4 aromatic heterocycles. The number of rotatable bonds is 4. The second-order valence-electron chi connectivity index (χ2n) is 6.14. The van der Waals surface area contributed by atoms with Gasteiger partial charge < -0.3 is 10.3 Å². The van der Waals surface area contributed by atoms with Crippen LogP contribution in [0.15, 0.2) is 59.6 Å². The third kappa shape index (κ3) is 3.11. The number of aromatic nitrogens is 4. The largest absolute Gasteiger partial charge is 0.345 e. The van der Waals surface area contributed by atoms with E-state index >= 15 is 0 Å². The lowest BCUT2D eigenvalue weighted by atomic mass is 10.2. The molecule has 0 aliphatic carbocycles. The van der Waals surface area contributed by atoms with Gasteiger partial charge in [0, 0.05) is 45.4 Å². The van der Waals surface area contributed by atoms with Crippen LogP contribution in [0, 0.1) is 6.92 Å². The van der Waals surface area contributed by atoms with Gasteiger partial charge in [-0.25, -0.2) is 15.0 Å². The van der Waals surface area contributed by atoms with E-state index in [1.54, 1.807) is 28.9 Å². The van der Waals surface area contributed by atoms with Crippen LogP contribution in [0.1, 0.15) is 5.69 Å². The van der Waals surface area contributed by atoms with Gasteiger partial charge >= 0.3 is 0 Å². The lowest BCUT2D eigenvalue weighted by Crippen LogP contribution is -1.89. The maximum absolute atomic E-state index is 4.83. The van der Waals surface area contributed by atoms with Crippen molar-refractivity contribution in [2.45, 2.75) is 6.92 Å². The van der Waals surface area contributed by atoms with Crippen LogP contribution in [0.25, 0.3) is 32.9 Å². The number of aryl methyl sites for hydroxylation is 1. The van der Waals surface area contributed by atoms with Gasteiger partial charge in [-0.2, -0.15) is 0 Å². The Balaban J connectivity index is 1.41. The van der Waals surface area contributed by atoms with Gasteiger partial charge in [0.05, 0.1) is 11.4 Å². The fraction of sp³-hybridized carbons (Fsp3) is 0.0500. The van der Waals surface area contributed by atoms with E-state index in [-0.39, 0.29) is 0 Å². The van der Waals surface area contributed by atoms with Crippen molar-refractivity contribution in [1.29, 1.82) is 0 Å². The van der Waals surface area contributed by atoms with Crippen LogP contribution in [0.3, 0.4) is 0 Å². The van der Waals surface area contributed by atoms with Crippen molar-refractivity contribution in [3.63, 3.8) is 0 Å². The highest BCUT2D eigenvalue weighted by Gasteiger charge is 2.11. The molecule has 0 atom stereocenters. The van der Waals surface area contributed by atoms with Crippen molar-refractivity contribution in [3.8, 4) is 21.8 Å². The van der Waals surface area contributed by atoms with Crippen molar-refractivity contribution in [2.24, 2.45) is 0 Å². The van der Waals surface area contributed by atoms with Gasteiger partial charge in [0.1, 0.15) is 10.7 Å². The summed E-state index contributed by atoms with van der Waals surface area (Å²) in [5.41, 5.74) is 6.09. The first-order valence-electron chi connectivity index (χ1n) is 8.44. The monoisotopic (exact) mass is 389 g/mol. The quantitative estimate of drug-likeness (QED) is 0.404. The summed E-state index contributed by atoms with van der Waals surface area (Å²) in [5, 5.41) is 10.5. The molecule has 0 aliphatic heterocycles. The number of anilines is 2. The van der Waals surface area contributed by atoms with Crippen molar-refractivity contribution < 1.29 is 0 Å². The molecule has 0 radical (unpaired) electrons. The van der Waals surface area contributed by atoms with E-state index in [4.69, 9.17) is 4.98 Å². The Morgan fingerprint density at radius 2 is 1.89 bits per heavy atom. The number of nitrogens with one attached hydrogen (secondary N) is 2. The third-order valence-corrected chi connectivity index (χ3v) is 6.00. The zero-order valence-electron chi connectivity index (χ0n) is 14.4. The number of thiazole rings is 2. The molecule has 5 nitrogen and oxygen atoms in total. The first-order chi connectivity index (χ1) is 13.3. The predicted molar refractivity (Wildman–Crippen MR) is 113 cm³/mol. The molecular weight excluding hydrogens is 374 g/mol. The molecule has 5 rings (SSSR count). The van der Waals surface area contributed by atoms with Crippen LogP contribution < -0.4 is 5.32 Å². The second kappa shape index (κ2) is 6.61. The molecule has 0 amide bonds. The van der Waals surface area contributed by atoms with Crippen LogP contribution in [-0.4, -0.2) is 19.9 Å². The summed E-state index contributed by atoms with van der Waals surface area (Å²) in [6, 6.07) is 12.3. The molecule has 0 fully saturated rings. The normalized spacial score (nSPS) is 11.1. The fourth-order valence-corrected chi connectivity index (χ4v) is 4.46. The molecular formula is C20H15N5S2. The topological polar surface area (TPSA) is 66.5 Å². The average Bonchev–Trinajstić information content (AvgIpc) is 3.42. The zero-order valence-corrected chi connectivity index (χ0v) is 16.1. The molecule has 0 bridgehead atoms. The van der Waals surface area contributed by atoms with Gasteiger partial charge in [0.15, 0.2) is 5.13 Å². The maximum Gasteiger partial charge on any atom is 0.187 e. The number of hydrogen-bond acceptors (Lipinski definition) is 6. The molecule has 0 unspecified atom stereocenters. The van der Waals surface area contributed by atoms with Gasteiger partial charge in [-0.15, -0.1) is 22.7 Å². The van der Waals surface area contributed by atoms with E-state index in [2.05, 4.69) is 56.0 Å². The second-order valence-corrected chi connectivity index (χ2v) is 7.85. The Morgan fingerprint density at radius 1 is 1.00 bits per heavy atom. The minimum atomic E-state index is 0.884. The maximum atomic E-state index is 4.83. The molecule has 27 heavy (non-hydrogen) atoms. The zero-order chi connectivity index (χ0) is 18.2. The molecule has 4 heterocycles. The van der Waals surface area contributed by atoms with Crippen LogP contribution in [0.5, 0.6) is 0 Å². The smallest absolute Gasteiger partial charge is 0.187 e. The molecule has 0 spiro atoms. The number of nitrogens with zero attached hydrogens (tertiary/aromatic N) is 3. The molecule has 132 valence electrons. The summed E-state index contributed by atoms with van der Waals surface area (Å²) in [7, 11) is 0. The van der Waals surface area contributed by atoms with Crippen LogP contribution >= 0.6 is 22.7 Å². The molecule has 2 N–H and O–H groups in total. The van der Waals surface area contributed by atoms with Crippen LogP contribution in [0.4, 0.5) is 10.8 Å². The number of benzene rings is 1. The highest BCUT2D eigenvalue weighted by molar-refractivity contribution is 7.14. The summed E-state index contributed by atoms with van der Waals surface area (Å²) in [4.78, 5) is 16.8. The number of aromatic amines is 1. The van der Waals surface area contributed by atoms with Gasteiger partial charge in [-0.3, -0.25) is 0 Å². The number of fused-ring (bicyclic) bond motifs is 1. The van der Waals surface area contributed by atoms with E-state index in [0.29, 0.717) is 0 Å². The third-order valence-electron chi connectivity index (χ3n) is 4.23. The van der Waals surface area contributed by atoms with E-state index in [9.17, 15) is 0 Å². The highest BCUT2D eigenvalue weighted by atomic mass is 32.1. The van der Waals surface area contributed by atoms with Gasteiger partial charge in [0.2, 0.25) is 0 Å². The number of H-pyrrole nitrogens is 1. The van der Waals surface area contributed by atoms with Crippen molar-refractivity contribution in [3.05, 3.63) is 65.2 Å². The van der Waals surface area contributed by atoms with Crippen molar-refractivity contribution in [1.82, 2.24) is 19.9 Å². The minimum absolute atomic E-state index is 0.884. The Morgan fingerprint density at radius 3 is 2.70 bits per heavy atom. The summed E-state index contributed by atoms with van der Waals surface area (Å²) in [6.45, 7) is 1.99. The molecule has 5 aromatic rings. The lowest BCUT2D eigenvalue weighted by molar-refractivity contribution is 1.26. The molecule has 0 saturated heterocycles. The Bertz CT molecular complexity index is 1220. The molecule has 0 aliphatic rings. The molecule has 7 heteroatoms. The lowest BCUT2D eigenvalue weighted by Gasteiger charge is -2.03. The Kier molecular flexibility index (Phi) is 3.95. The fourth-order valence-electron chi connectivity index (χ4n) is 2.93. The molecule has 0 saturated carbocycles.